The number of fused-ring (bicyclic) bond motifs is 1. The minimum Gasteiger partial charge on any atom is -0.464 e. The molecule has 0 fully saturated rings. The molecule has 35 heavy (non-hydrogen) atoms. The van der Waals surface area contributed by atoms with Crippen molar-refractivity contribution >= 4 is 23.4 Å². The van der Waals surface area contributed by atoms with Gasteiger partial charge in [-0.2, -0.15) is 5.26 Å². The predicted octanol–water partition coefficient (Wildman–Crippen LogP) is 6.62. The van der Waals surface area contributed by atoms with Crippen LogP contribution in [0.3, 0.4) is 0 Å². The Hall–Kier alpha value is -4.02. The third-order valence-electron chi connectivity index (χ3n) is 5.79. The van der Waals surface area contributed by atoms with E-state index in [1.165, 1.54) is 11.8 Å². The number of ether oxygens (including phenoxy) is 1. The smallest absolute Gasteiger partial charge is 0.234 e. The zero-order valence-corrected chi connectivity index (χ0v) is 19.8. The van der Waals surface area contributed by atoms with E-state index in [-0.39, 0.29) is 11.7 Å². The highest BCUT2D eigenvalue weighted by Crippen LogP contribution is 2.38. The second-order valence-electron chi connectivity index (χ2n) is 8.14. The molecule has 1 aliphatic rings. The summed E-state index contributed by atoms with van der Waals surface area (Å²) in [6.07, 6.45) is 5.47. The highest BCUT2D eigenvalue weighted by Gasteiger charge is 2.25. The Bertz CT molecular complexity index is 1380. The number of nitriles is 1. The molecule has 0 saturated carbocycles. The third-order valence-corrected chi connectivity index (χ3v) is 6.77. The van der Waals surface area contributed by atoms with Crippen molar-refractivity contribution in [2.24, 2.45) is 0 Å². The van der Waals surface area contributed by atoms with Gasteiger partial charge in [-0.3, -0.25) is 4.79 Å². The van der Waals surface area contributed by atoms with Crippen molar-refractivity contribution in [2.75, 3.05) is 11.1 Å². The number of carbonyl (C=O) groups is 1. The SMILES string of the molecule is N#Cc1c(SCC(=O)Nc2ccccc2Oc2ccccc2)nc2c(c1-c1ccco1)CCCC2. The van der Waals surface area contributed by atoms with Crippen LogP contribution in [0.2, 0.25) is 0 Å². The molecule has 6 nitrogen and oxygen atoms in total. The zero-order valence-electron chi connectivity index (χ0n) is 19.0. The summed E-state index contributed by atoms with van der Waals surface area (Å²) in [6, 6.07) is 22.7. The number of nitrogens with zero attached hydrogens (tertiary/aromatic N) is 2. The molecule has 2 aromatic heterocycles. The van der Waals surface area contributed by atoms with Crippen LogP contribution in [0.25, 0.3) is 11.3 Å². The van der Waals surface area contributed by atoms with Gasteiger partial charge in [0.1, 0.15) is 22.6 Å². The number of aryl methyl sites for hydroxylation is 1. The summed E-state index contributed by atoms with van der Waals surface area (Å²) < 4.78 is 11.6. The topological polar surface area (TPSA) is 88.2 Å². The van der Waals surface area contributed by atoms with E-state index < -0.39 is 0 Å². The molecular weight excluding hydrogens is 458 g/mol. The van der Waals surface area contributed by atoms with Gasteiger partial charge in [0.15, 0.2) is 5.75 Å². The Morgan fingerprint density at radius 3 is 2.66 bits per heavy atom. The molecule has 1 aliphatic carbocycles. The van der Waals surface area contributed by atoms with Crippen LogP contribution in [-0.2, 0) is 17.6 Å². The number of aromatic nitrogens is 1. The summed E-state index contributed by atoms with van der Waals surface area (Å²) in [4.78, 5) is 17.7. The first kappa shape index (κ1) is 22.8. The molecule has 0 saturated heterocycles. The van der Waals surface area contributed by atoms with E-state index in [9.17, 15) is 10.1 Å². The van der Waals surface area contributed by atoms with Crippen LogP contribution in [0.1, 0.15) is 29.7 Å². The summed E-state index contributed by atoms with van der Waals surface area (Å²) in [5, 5.41) is 13.5. The third kappa shape index (κ3) is 5.08. The number of amides is 1. The maximum Gasteiger partial charge on any atom is 0.234 e. The number of furan rings is 1. The van der Waals surface area contributed by atoms with Crippen LogP contribution < -0.4 is 10.1 Å². The molecule has 1 N–H and O–H groups in total. The van der Waals surface area contributed by atoms with Crippen LogP contribution in [0.15, 0.2) is 82.4 Å². The molecule has 174 valence electrons. The van der Waals surface area contributed by atoms with Gasteiger partial charge in [0.05, 0.1) is 23.3 Å². The number of nitrogens with one attached hydrogen (secondary N) is 1. The molecule has 1 amide bonds. The average Bonchev–Trinajstić information content (AvgIpc) is 3.43. The summed E-state index contributed by atoms with van der Waals surface area (Å²) in [5.41, 5.74) is 3.93. The van der Waals surface area contributed by atoms with Gasteiger partial charge in [0.25, 0.3) is 0 Å². The molecule has 2 aromatic carbocycles. The molecule has 5 rings (SSSR count). The van der Waals surface area contributed by atoms with Crippen LogP contribution in [0, 0.1) is 11.3 Å². The van der Waals surface area contributed by atoms with Crippen LogP contribution in [0.4, 0.5) is 5.69 Å². The monoisotopic (exact) mass is 481 g/mol. The van der Waals surface area contributed by atoms with Gasteiger partial charge >= 0.3 is 0 Å². The van der Waals surface area contributed by atoms with Crippen LogP contribution >= 0.6 is 11.8 Å². The van der Waals surface area contributed by atoms with Crippen molar-refractivity contribution in [3.05, 3.63) is 89.8 Å². The predicted molar refractivity (Wildman–Crippen MR) is 136 cm³/mol. The fourth-order valence-electron chi connectivity index (χ4n) is 4.21. The van der Waals surface area contributed by atoms with Crippen molar-refractivity contribution in [3.8, 4) is 28.9 Å². The first-order chi connectivity index (χ1) is 17.2. The van der Waals surface area contributed by atoms with Gasteiger partial charge in [0, 0.05) is 11.3 Å². The number of para-hydroxylation sites is 3. The van der Waals surface area contributed by atoms with Gasteiger partial charge in [-0.25, -0.2) is 4.98 Å². The van der Waals surface area contributed by atoms with Crippen molar-refractivity contribution in [1.29, 1.82) is 5.26 Å². The molecule has 0 aliphatic heterocycles. The Morgan fingerprint density at radius 2 is 1.86 bits per heavy atom. The Kier molecular flexibility index (Phi) is 6.82. The van der Waals surface area contributed by atoms with E-state index in [4.69, 9.17) is 14.1 Å². The number of hydrogen-bond donors (Lipinski definition) is 1. The summed E-state index contributed by atoms with van der Waals surface area (Å²) in [7, 11) is 0. The number of thioether (sulfide) groups is 1. The van der Waals surface area contributed by atoms with Gasteiger partial charge in [-0.15, -0.1) is 0 Å². The number of anilines is 1. The van der Waals surface area contributed by atoms with Crippen molar-refractivity contribution in [3.63, 3.8) is 0 Å². The van der Waals surface area contributed by atoms with Crippen LogP contribution in [-0.4, -0.2) is 16.6 Å². The number of benzene rings is 2. The fourth-order valence-corrected chi connectivity index (χ4v) is 5.02. The Morgan fingerprint density at radius 1 is 1.06 bits per heavy atom. The second-order valence-corrected chi connectivity index (χ2v) is 9.10. The molecule has 4 aromatic rings. The van der Waals surface area contributed by atoms with Crippen molar-refractivity contribution < 1.29 is 13.9 Å². The Balaban J connectivity index is 1.36. The first-order valence-electron chi connectivity index (χ1n) is 11.5. The lowest BCUT2D eigenvalue weighted by molar-refractivity contribution is -0.113. The van der Waals surface area contributed by atoms with Gasteiger partial charge in [0.2, 0.25) is 5.91 Å². The number of hydrogen-bond acceptors (Lipinski definition) is 6. The fraction of sp³-hybridized carbons (Fsp3) is 0.179. The maximum atomic E-state index is 12.9. The van der Waals surface area contributed by atoms with E-state index in [2.05, 4.69) is 11.4 Å². The van der Waals surface area contributed by atoms with Gasteiger partial charge in [-0.1, -0.05) is 42.1 Å². The average molecular weight is 482 g/mol. The highest BCUT2D eigenvalue weighted by molar-refractivity contribution is 8.00. The van der Waals surface area contributed by atoms with E-state index in [0.717, 1.165) is 42.5 Å². The van der Waals surface area contributed by atoms with Gasteiger partial charge < -0.3 is 14.5 Å². The largest absolute Gasteiger partial charge is 0.464 e. The normalized spacial score (nSPS) is 12.4. The van der Waals surface area contributed by atoms with Crippen LogP contribution in [0.5, 0.6) is 11.5 Å². The van der Waals surface area contributed by atoms with E-state index in [1.54, 1.807) is 12.3 Å². The van der Waals surface area contributed by atoms with E-state index in [0.29, 0.717) is 33.5 Å². The molecule has 0 bridgehead atoms. The summed E-state index contributed by atoms with van der Waals surface area (Å²) in [5.74, 6) is 1.81. The summed E-state index contributed by atoms with van der Waals surface area (Å²) in [6.45, 7) is 0. The molecule has 0 unspecified atom stereocenters. The maximum absolute atomic E-state index is 12.9. The Labute approximate surface area is 208 Å². The minimum atomic E-state index is -0.206. The lowest BCUT2D eigenvalue weighted by Gasteiger charge is -2.20. The molecular formula is C28H23N3O3S. The number of carbonyl (C=O) groups excluding carboxylic acids is 1. The minimum absolute atomic E-state index is 0.109. The molecule has 7 heteroatoms. The number of rotatable bonds is 7. The molecule has 0 spiro atoms. The standard InChI is InChI=1S/C28H23N3O3S/c29-17-21-27(25-15-8-16-33-25)20-11-4-5-12-22(20)31-28(21)35-18-26(32)30-23-13-6-7-14-24(23)34-19-9-2-1-3-10-19/h1-3,6-10,13-16H,4-5,11-12,18H2,(H,30,32). The van der Waals surface area contributed by atoms with Crippen molar-refractivity contribution in [1.82, 2.24) is 4.98 Å². The highest BCUT2D eigenvalue weighted by atomic mass is 32.2. The van der Waals surface area contributed by atoms with Gasteiger partial charge in [-0.05, 0) is 67.6 Å². The molecule has 2 heterocycles. The van der Waals surface area contributed by atoms with Crippen molar-refractivity contribution in [2.45, 2.75) is 30.7 Å². The lowest BCUT2D eigenvalue weighted by Crippen LogP contribution is -2.16. The summed E-state index contributed by atoms with van der Waals surface area (Å²) >= 11 is 1.26. The number of pyridine rings is 1. The zero-order chi connectivity index (χ0) is 24.0. The lowest BCUT2D eigenvalue weighted by atomic mass is 9.89. The van der Waals surface area contributed by atoms with E-state index in [1.807, 2.05) is 60.7 Å². The quantitative estimate of drug-likeness (QED) is 0.299. The first-order valence-corrected chi connectivity index (χ1v) is 12.5. The molecule has 0 atom stereocenters. The molecule has 0 radical (unpaired) electrons. The second kappa shape index (κ2) is 10.5. The van der Waals surface area contributed by atoms with E-state index >= 15 is 0 Å².